The number of aromatic nitrogens is 3. The van der Waals surface area contributed by atoms with Gasteiger partial charge in [-0.1, -0.05) is 0 Å². The highest BCUT2D eigenvalue weighted by Crippen LogP contribution is 2.25. The molecule has 6 nitrogen and oxygen atoms in total. The first-order chi connectivity index (χ1) is 10.0. The van der Waals surface area contributed by atoms with Crippen molar-refractivity contribution >= 4 is 11.6 Å². The SMILES string of the molecule is O=C(Nc1ccc(-n2ccnc2)nc1)C1CC(F)(F)CN1. The van der Waals surface area contributed by atoms with Crippen LogP contribution in [-0.4, -0.2) is 39.0 Å². The van der Waals surface area contributed by atoms with Crippen molar-refractivity contribution in [3.05, 3.63) is 37.1 Å². The minimum absolute atomic E-state index is 0.459. The Balaban J connectivity index is 1.64. The molecule has 21 heavy (non-hydrogen) atoms. The number of halogens is 2. The molecular formula is C13H13F2N5O. The molecule has 2 aromatic heterocycles. The molecule has 1 fully saturated rings. The molecule has 110 valence electrons. The van der Waals surface area contributed by atoms with Gasteiger partial charge in [0.25, 0.3) is 5.92 Å². The fraction of sp³-hybridized carbons (Fsp3) is 0.308. The summed E-state index contributed by atoms with van der Waals surface area (Å²) in [5.41, 5.74) is 0.459. The van der Waals surface area contributed by atoms with Crippen LogP contribution in [0.5, 0.6) is 0 Å². The van der Waals surface area contributed by atoms with E-state index in [1.54, 1.807) is 35.4 Å². The summed E-state index contributed by atoms with van der Waals surface area (Å²) in [4.78, 5) is 19.9. The highest BCUT2D eigenvalue weighted by molar-refractivity contribution is 5.95. The third-order valence-corrected chi connectivity index (χ3v) is 3.21. The Labute approximate surface area is 119 Å². The van der Waals surface area contributed by atoms with Gasteiger partial charge in [0.2, 0.25) is 5.91 Å². The Bertz CT molecular complexity index is 627. The van der Waals surface area contributed by atoms with Gasteiger partial charge in [0.05, 0.1) is 24.5 Å². The Morgan fingerprint density at radius 1 is 1.48 bits per heavy atom. The van der Waals surface area contributed by atoms with Gasteiger partial charge in [-0.05, 0) is 12.1 Å². The van der Waals surface area contributed by atoms with Crippen molar-refractivity contribution in [2.75, 3.05) is 11.9 Å². The molecule has 1 saturated heterocycles. The molecule has 1 amide bonds. The van der Waals surface area contributed by atoms with Crippen LogP contribution in [0, 0.1) is 0 Å². The van der Waals surface area contributed by atoms with Crippen molar-refractivity contribution in [3.63, 3.8) is 0 Å². The fourth-order valence-corrected chi connectivity index (χ4v) is 2.14. The van der Waals surface area contributed by atoms with Crippen LogP contribution in [0.3, 0.4) is 0 Å². The molecule has 2 aromatic rings. The quantitative estimate of drug-likeness (QED) is 0.892. The molecule has 1 atom stereocenters. The van der Waals surface area contributed by atoms with Crippen molar-refractivity contribution < 1.29 is 13.6 Å². The average molecular weight is 293 g/mol. The predicted octanol–water partition coefficient (Wildman–Crippen LogP) is 1.20. The zero-order valence-electron chi connectivity index (χ0n) is 11.0. The van der Waals surface area contributed by atoms with Crippen LogP contribution in [0.25, 0.3) is 5.82 Å². The van der Waals surface area contributed by atoms with Crippen molar-refractivity contribution in [3.8, 4) is 5.82 Å². The summed E-state index contributed by atoms with van der Waals surface area (Å²) in [6.07, 6.45) is 5.96. The first-order valence-corrected chi connectivity index (χ1v) is 6.40. The third-order valence-electron chi connectivity index (χ3n) is 3.21. The van der Waals surface area contributed by atoms with Crippen LogP contribution in [0.1, 0.15) is 6.42 Å². The predicted molar refractivity (Wildman–Crippen MR) is 71.3 cm³/mol. The molecule has 0 aromatic carbocycles. The molecular weight excluding hydrogens is 280 g/mol. The maximum absolute atomic E-state index is 13.0. The number of anilines is 1. The Morgan fingerprint density at radius 2 is 2.33 bits per heavy atom. The highest BCUT2D eigenvalue weighted by Gasteiger charge is 2.42. The number of carbonyl (C=O) groups is 1. The number of nitrogens with zero attached hydrogens (tertiary/aromatic N) is 3. The summed E-state index contributed by atoms with van der Waals surface area (Å²) in [7, 11) is 0. The normalized spacial score (nSPS) is 20.4. The van der Waals surface area contributed by atoms with Crippen molar-refractivity contribution in [2.45, 2.75) is 18.4 Å². The van der Waals surface area contributed by atoms with Crippen LogP contribution in [-0.2, 0) is 4.79 Å². The van der Waals surface area contributed by atoms with Gasteiger partial charge in [-0.2, -0.15) is 0 Å². The number of hydrogen-bond donors (Lipinski definition) is 2. The van der Waals surface area contributed by atoms with Gasteiger partial charge in [-0.25, -0.2) is 18.7 Å². The van der Waals surface area contributed by atoms with Crippen LogP contribution in [0.2, 0.25) is 0 Å². The molecule has 1 aliphatic heterocycles. The number of carbonyl (C=O) groups excluding carboxylic acids is 1. The largest absolute Gasteiger partial charge is 0.323 e. The maximum Gasteiger partial charge on any atom is 0.262 e. The van der Waals surface area contributed by atoms with Gasteiger partial charge < -0.3 is 5.32 Å². The minimum atomic E-state index is -2.83. The van der Waals surface area contributed by atoms with E-state index in [-0.39, 0.29) is 0 Å². The van der Waals surface area contributed by atoms with Gasteiger partial charge in [-0.15, -0.1) is 0 Å². The second-order valence-electron chi connectivity index (χ2n) is 4.86. The van der Waals surface area contributed by atoms with E-state index < -0.39 is 30.8 Å². The second kappa shape index (κ2) is 5.21. The first-order valence-electron chi connectivity index (χ1n) is 6.40. The summed E-state index contributed by atoms with van der Waals surface area (Å²) in [5.74, 6) is -2.66. The molecule has 0 spiro atoms. The monoisotopic (exact) mass is 293 g/mol. The van der Waals surface area contributed by atoms with Crippen molar-refractivity contribution in [1.29, 1.82) is 0 Å². The van der Waals surface area contributed by atoms with Gasteiger partial charge >= 0.3 is 0 Å². The summed E-state index contributed by atoms with van der Waals surface area (Å²) >= 11 is 0. The van der Waals surface area contributed by atoms with Gasteiger partial charge in [0.15, 0.2) is 0 Å². The maximum atomic E-state index is 13.0. The molecule has 2 N–H and O–H groups in total. The van der Waals surface area contributed by atoms with Gasteiger partial charge in [-0.3, -0.25) is 14.7 Å². The third kappa shape index (κ3) is 3.05. The second-order valence-corrected chi connectivity index (χ2v) is 4.86. The summed E-state index contributed by atoms with van der Waals surface area (Å²) in [6.45, 7) is -0.469. The summed E-state index contributed by atoms with van der Waals surface area (Å²) < 4.78 is 27.8. The molecule has 0 aliphatic carbocycles. The zero-order valence-corrected chi connectivity index (χ0v) is 11.0. The Morgan fingerprint density at radius 3 is 2.90 bits per heavy atom. The summed E-state index contributed by atoms with van der Waals surface area (Å²) in [6, 6.07) is 2.48. The van der Waals surface area contributed by atoms with Crippen LogP contribution in [0.15, 0.2) is 37.1 Å². The lowest BCUT2D eigenvalue weighted by Gasteiger charge is -2.11. The number of imidazole rings is 1. The van der Waals surface area contributed by atoms with E-state index in [4.69, 9.17) is 0 Å². The lowest BCUT2D eigenvalue weighted by Crippen LogP contribution is -2.35. The smallest absolute Gasteiger partial charge is 0.262 e. The number of alkyl halides is 2. The van der Waals surface area contributed by atoms with E-state index in [0.29, 0.717) is 11.5 Å². The molecule has 0 bridgehead atoms. The van der Waals surface area contributed by atoms with E-state index in [1.807, 2.05) is 0 Å². The van der Waals surface area contributed by atoms with Crippen molar-refractivity contribution in [1.82, 2.24) is 19.9 Å². The van der Waals surface area contributed by atoms with Crippen LogP contribution in [0.4, 0.5) is 14.5 Å². The molecule has 8 heteroatoms. The van der Waals surface area contributed by atoms with E-state index in [0.717, 1.165) is 0 Å². The standard InChI is InChI=1S/C13H13F2N5O/c14-13(15)5-10(18-7-13)12(21)19-9-1-2-11(17-6-9)20-4-3-16-8-20/h1-4,6,8,10,18H,5,7H2,(H,19,21). The highest BCUT2D eigenvalue weighted by atomic mass is 19.3. The van der Waals surface area contributed by atoms with E-state index in [2.05, 4.69) is 20.6 Å². The Kier molecular flexibility index (Phi) is 3.38. The average Bonchev–Trinajstić information content (AvgIpc) is 3.09. The number of nitrogens with one attached hydrogen (secondary N) is 2. The van der Waals surface area contributed by atoms with E-state index in [9.17, 15) is 13.6 Å². The molecule has 3 rings (SSSR count). The van der Waals surface area contributed by atoms with Crippen LogP contribution < -0.4 is 10.6 Å². The van der Waals surface area contributed by atoms with Crippen molar-refractivity contribution in [2.24, 2.45) is 0 Å². The first kappa shape index (κ1) is 13.6. The molecule has 0 saturated carbocycles. The van der Waals surface area contributed by atoms with Gasteiger partial charge in [0, 0.05) is 18.8 Å². The van der Waals surface area contributed by atoms with Gasteiger partial charge in [0.1, 0.15) is 12.1 Å². The number of amides is 1. The van der Waals surface area contributed by atoms with E-state index in [1.165, 1.54) is 6.20 Å². The fourth-order valence-electron chi connectivity index (χ4n) is 2.14. The molecule has 1 unspecified atom stereocenters. The van der Waals surface area contributed by atoms with Crippen LogP contribution >= 0.6 is 0 Å². The lowest BCUT2D eigenvalue weighted by atomic mass is 10.2. The molecule has 1 aliphatic rings. The number of pyridine rings is 1. The molecule has 0 radical (unpaired) electrons. The zero-order chi connectivity index (χ0) is 14.9. The molecule has 3 heterocycles. The number of hydrogen-bond acceptors (Lipinski definition) is 4. The Hall–Kier alpha value is -2.35. The summed E-state index contributed by atoms with van der Waals surface area (Å²) in [5, 5.41) is 5.08. The van der Waals surface area contributed by atoms with E-state index >= 15 is 0 Å². The lowest BCUT2D eigenvalue weighted by molar-refractivity contribution is -0.118. The number of rotatable bonds is 3. The topological polar surface area (TPSA) is 71.8 Å². The minimum Gasteiger partial charge on any atom is -0.323 e.